The van der Waals surface area contributed by atoms with E-state index in [1.807, 2.05) is 32.0 Å². The van der Waals surface area contributed by atoms with Gasteiger partial charge in [0.25, 0.3) is 21.6 Å². The molecule has 3 rings (SSSR count). The van der Waals surface area contributed by atoms with Gasteiger partial charge >= 0.3 is 0 Å². The smallest absolute Gasteiger partial charge is 0.270 e. The highest BCUT2D eigenvalue weighted by Crippen LogP contribution is 2.22. The van der Waals surface area contributed by atoms with Gasteiger partial charge in [-0.15, -0.1) is 0 Å². The number of anilines is 2. The molecule has 0 saturated heterocycles. The average molecular weight is 425 g/mol. The molecule has 0 heterocycles. The van der Waals surface area contributed by atoms with Crippen molar-refractivity contribution >= 4 is 33.0 Å². The summed E-state index contributed by atoms with van der Waals surface area (Å²) in [4.78, 5) is 22.5. The van der Waals surface area contributed by atoms with Crippen molar-refractivity contribution in [1.82, 2.24) is 0 Å². The Morgan fingerprint density at radius 3 is 2.33 bits per heavy atom. The third kappa shape index (κ3) is 4.81. The molecule has 0 spiro atoms. The monoisotopic (exact) mass is 425 g/mol. The van der Waals surface area contributed by atoms with Gasteiger partial charge in [0.15, 0.2) is 0 Å². The fraction of sp³-hybridized carbons (Fsp3) is 0.0952. The second-order valence-electron chi connectivity index (χ2n) is 6.71. The van der Waals surface area contributed by atoms with Crippen LogP contribution in [0.25, 0.3) is 0 Å². The van der Waals surface area contributed by atoms with Gasteiger partial charge in [0.05, 0.1) is 9.82 Å². The Morgan fingerprint density at radius 1 is 0.967 bits per heavy atom. The minimum absolute atomic E-state index is 0.227. The van der Waals surface area contributed by atoms with Gasteiger partial charge < -0.3 is 5.32 Å². The topological polar surface area (TPSA) is 118 Å². The van der Waals surface area contributed by atoms with E-state index in [9.17, 15) is 23.3 Å². The Balaban J connectivity index is 1.75. The van der Waals surface area contributed by atoms with E-state index in [-0.39, 0.29) is 22.2 Å². The fourth-order valence-electron chi connectivity index (χ4n) is 2.73. The molecule has 0 bridgehead atoms. The summed E-state index contributed by atoms with van der Waals surface area (Å²) in [5, 5.41) is 13.7. The van der Waals surface area contributed by atoms with Crippen LogP contribution in [0.1, 0.15) is 21.5 Å². The van der Waals surface area contributed by atoms with Crippen molar-refractivity contribution < 1.29 is 18.1 Å². The molecule has 30 heavy (non-hydrogen) atoms. The largest absolute Gasteiger partial charge is 0.322 e. The number of carbonyl (C=O) groups excluding carboxylic acids is 1. The number of rotatable bonds is 6. The Bertz CT molecular complexity index is 1220. The number of benzene rings is 3. The standard InChI is InChI=1S/C21H19N3O5S/c1-14-6-7-15(2)20(12-14)22-21(25)16-8-10-17(11-9-16)23-30(28,29)19-5-3-4-18(13-19)24(26)27/h3-13,23H,1-2H3,(H,22,25). The van der Waals surface area contributed by atoms with E-state index in [4.69, 9.17) is 0 Å². The van der Waals surface area contributed by atoms with Crippen LogP contribution in [0.2, 0.25) is 0 Å². The van der Waals surface area contributed by atoms with Gasteiger partial charge in [-0.25, -0.2) is 8.42 Å². The number of nitro groups is 1. The molecule has 0 aromatic heterocycles. The fourth-order valence-corrected chi connectivity index (χ4v) is 3.83. The van der Waals surface area contributed by atoms with Gasteiger partial charge in [-0.1, -0.05) is 18.2 Å². The lowest BCUT2D eigenvalue weighted by atomic mass is 10.1. The lowest BCUT2D eigenvalue weighted by Crippen LogP contribution is -2.15. The van der Waals surface area contributed by atoms with Gasteiger partial charge in [0, 0.05) is 29.1 Å². The zero-order valence-electron chi connectivity index (χ0n) is 16.2. The minimum Gasteiger partial charge on any atom is -0.322 e. The Labute approximate surface area is 173 Å². The van der Waals surface area contributed by atoms with Crippen molar-refractivity contribution in [3.8, 4) is 0 Å². The molecule has 0 atom stereocenters. The average Bonchev–Trinajstić information content (AvgIpc) is 2.71. The van der Waals surface area contributed by atoms with Crippen molar-refractivity contribution in [2.24, 2.45) is 0 Å². The number of aryl methyl sites for hydroxylation is 2. The number of sulfonamides is 1. The highest BCUT2D eigenvalue weighted by Gasteiger charge is 2.18. The molecule has 8 nitrogen and oxygen atoms in total. The van der Waals surface area contributed by atoms with E-state index >= 15 is 0 Å². The van der Waals surface area contributed by atoms with Crippen LogP contribution in [0.15, 0.2) is 71.6 Å². The third-order valence-corrected chi connectivity index (χ3v) is 5.76. The second kappa shape index (κ2) is 8.34. The number of hydrogen-bond acceptors (Lipinski definition) is 5. The molecule has 0 aliphatic carbocycles. The summed E-state index contributed by atoms with van der Waals surface area (Å²) < 4.78 is 27.3. The lowest BCUT2D eigenvalue weighted by Gasteiger charge is -2.11. The SMILES string of the molecule is Cc1ccc(C)c(NC(=O)c2ccc(NS(=O)(=O)c3cccc([N+](=O)[O-])c3)cc2)c1. The van der Waals surface area contributed by atoms with E-state index in [1.165, 1.54) is 42.5 Å². The first-order chi connectivity index (χ1) is 14.2. The normalized spacial score (nSPS) is 11.0. The first-order valence-corrected chi connectivity index (χ1v) is 10.4. The van der Waals surface area contributed by atoms with Crippen molar-refractivity contribution in [2.45, 2.75) is 18.7 Å². The zero-order chi connectivity index (χ0) is 21.9. The summed E-state index contributed by atoms with van der Waals surface area (Å²) in [6, 6.07) is 16.4. The Hall–Kier alpha value is -3.72. The molecule has 3 aromatic rings. The molecule has 0 unspecified atom stereocenters. The van der Waals surface area contributed by atoms with Crippen LogP contribution in [0.5, 0.6) is 0 Å². The van der Waals surface area contributed by atoms with Crippen molar-refractivity contribution in [2.75, 3.05) is 10.0 Å². The quantitative estimate of drug-likeness (QED) is 0.452. The Morgan fingerprint density at radius 2 is 1.67 bits per heavy atom. The van der Waals surface area contributed by atoms with E-state index < -0.39 is 14.9 Å². The Kier molecular flexibility index (Phi) is 5.84. The molecule has 1 amide bonds. The van der Waals surface area contributed by atoms with Gasteiger partial charge in [0.2, 0.25) is 0 Å². The van der Waals surface area contributed by atoms with Crippen LogP contribution >= 0.6 is 0 Å². The van der Waals surface area contributed by atoms with Gasteiger partial charge in [0.1, 0.15) is 0 Å². The van der Waals surface area contributed by atoms with Gasteiger partial charge in [-0.2, -0.15) is 0 Å². The van der Waals surface area contributed by atoms with Crippen molar-refractivity contribution in [3.63, 3.8) is 0 Å². The molecule has 0 saturated carbocycles. The van der Waals surface area contributed by atoms with E-state index in [0.717, 1.165) is 17.2 Å². The predicted molar refractivity (Wildman–Crippen MR) is 114 cm³/mol. The predicted octanol–water partition coefficient (Wildman–Crippen LogP) is 4.26. The number of carbonyl (C=O) groups is 1. The van der Waals surface area contributed by atoms with Crippen LogP contribution in [-0.2, 0) is 10.0 Å². The van der Waals surface area contributed by atoms with E-state index in [0.29, 0.717) is 11.3 Å². The second-order valence-corrected chi connectivity index (χ2v) is 8.39. The summed E-state index contributed by atoms with van der Waals surface area (Å²) in [7, 11) is -4.02. The lowest BCUT2D eigenvalue weighted by molar-refractivity contribution is -0.385. The number of amides is 1. The van der Waals surface area contributed by atoms with Crippen LogP contribution in [0.4, 0.5) is 17.1 Å². The van der Waals surface area contributed by atoms with Crippen LogP contribution in [-0.4, -0.2) is 19.2 Å². The maximum atomic E-state index is 12.5. The van der Waals surface area contributed by atoms with Crippen LogP contribution in [0, 0.1) is 24.0 Å². The molecule has 0 fully saturated rings. The molecule has 0 aliphatic heterocycles. The first-order valence-electron chi connectivity index (χ1n) is 8.92. The van der Waals surface area contributed by atoms with E-state index in [2.05, 4.69) is 10.0 Å². The van der Waals surface area contributed by atoms with E-state index in [1.54, 1.807) is 0 Å². The van der Waals surface area contributed by atoms with Gasteiger partial charge in [-0.05, 0) is 61.4 Å². The number of hydrogen-bond donors (Lipinski definition) is 2. The molecular weight excluding hydrogens is 406 g/mol. The molecule has 9 heteroatoms. The maximum absolute atomic E-state index is 12.5. The number of nitro benzene ring substituents is 1. The summed E-state index contributed by atoms with van der Waals surface area (Å²) in [6.45, 7) is 3.82. The summed E-state index contributed by atoms with van der Waals surface area (Å²) in [5.41, 5.74) is 2.91. The molecule has 0 aliphatic rings. The molecule has 2 N–H and O–H groups in total. The van der Waals surface area contributed by atoms with Crippen LogP contribution < -0.4 is 10.0 Å². The number of nitrogens with one attached hydrogen (secondary N) is 2. The minimum atomic E-state index is -4.02. The molecular formula is C21H19N3O5S. The maximum Gasteiger partial charge on any atom is 0.270 e. The summed E-state index contributed by atoms with van der Waals surface area (Å²) in [5.74, 6) is -0.322. The van der Waals surface area contributed by atoms with Crippen LogP contribution in [0.3, 0.4) is 0 Å². The summed E-state index contributed by atoms with van der Waals surface area (Å²) >= 11 is 0. The highest BCUT2D eigenvalue weighted by atomic mass is 32.2. The molecule has 154 valence electrons. The first kappa shape index (κ1) is 21.0. The van der Waals surface area contributed by atoms with Crippen molar-refractivity contribution in [1.29, 1.82) is 0 Å². The third-order valence-electron chi connectivity index (χ3n) is 4.38. The summed E-state index contributed by atoms with van der Waals surface area (Å²) in [6.07, 6.45) is 0. The van der Waals surface area contributed by atoms with Crippen molar-refractivity contribution in [3.05, 3.63) is 93.5 Å². The molecule has 0 radical (unpaired) electrons. The number of non-ortho nitro benzene ring substituents is 1. The number of nitrogens with zero attached hydrogens (tertiary/aromatic N) is 1. The highest BCUT2D eigenvalue weighted by molar-refractivity contribution is 7.92. The zero-order valence-corrected chi connectivity index (χ0v) is 17.1. The molecule has 3 aromatic carbocycles. The van der Waals surface area contributed by atoms with Gasteiger partial charge in [-0.3, -0.25) is 19.6 Å².